The van der Waals surface area contributed by atoms with Crippen LogP contribution in [0.1, 0.15) is 12.5 Å². The summed E-state index contributed by atoms with van der Waals surface area (Å²) < 4.78 is 2.65. The number of aryl methyl sites for hydroxylation is 2. The summed E-state index contributed by atoms with van der Waals surface area (Å²) in [6.45, 7) is 4.58. The second-order valence-corrected chi connectivity index (χ2v) is 3.28. The Hall–Kier alpha value is -0.570. The van der Waals surface area contributed by atoms with Gasteiger partial charge >= 0.3 is 0 Å². The van der Waals surface area contributed by atoms with Gasteiger partial charge in [0.1, 0.15) is 0 Å². The fraction of sp³-hybridized carbons (Fsp3) is 0.375. The first-order valence-electron chi connectivity index (χ1n) is 3.51. The zero-order valence-electron chi connectivity index (χ0n) is 6.60. The molecule has 0 spiro atoms. The molecular formula is C8H10BrNO. The van der Waals surface area contributed by atoms with Crippen molar-refractivity contribution in [1.29, 1.82) is 0 Å². The summed E-state index contributed by atoms with van der Waals surface area (Å²) in [5.41, 5.74) is 1.05. The van der Waals surface area contributed by atoms with Gasteiger partial charge in [0.05, 0.1) is 0 Å². The van der Waals surface area contributed by atoms with Crippen molar-refractivity contribution in [3.05, 3.63) is 32.7 Å². The van der Waals surface area contributed by atoms with Crippen LogP contribution in [-0.2, 0) is 6.54 Å². The van der Waals surface area contributed by atoms with Crippen LogP contribution >= 0.6 is 15.9 Å². The quantitative estimate of drug-likeness (QED) is 0.703. The maximum absolute atomic E-state index is 11.2. The lowest BCUT2D eigenvalue weighted by molar-refractivity contribution is 0.722. The van der Waals surface area contributed by atoms with E-state index in [0.717, 1.165) is 16.6 Å². The Morgan fingerprint density at radius 3 is 2.82 bits per heavy atom. The van der Waals surface area contributed by atoms with Crippen LogP contribution in [0.4, 0.5) is 0 Å². The predicted molar refractivity (Wildman–Crippen MR) is 48.8 cm³/mol. The number of rotatable bonds is 1. The van der Waals surface area contributed by atoms with Gasteiger partial charge in [-0.15, -0.1) is 0 Å². The van der Waals surface area contributed by atoms with Crippen molar-refractivity contribution < 1.29 is 0 Å². The van der Waals surface area contributed by atoms with Crippen molar-refractivity contribution in [2.75, 3.05) is 0 Å². The summed E-state index contributed by atoms with van der Waals surface area (Å²) in [7, 11) is 0. The highest BCUT2D eigenvalue weighted by Crippen LogP contribution is 2.11. The molecule has 0 aliphatic carbocycles. The van der Waals surface area contributed by atoms with Gasteiger partial charge in [0.2, 0.25) is 0 Å². The minimum absolute atomic E-state index is 0.0631. The summed E-state index contributed by atoms with van der Waals surface area (Å²) in [5, 5.41) is 0. The van der Waals surface area contributed by atoms with Gasteiger partial charge in [0, 0.05) is 23.3 Å². The first-order chi connectivity index (χ1) is 5.15. The number of aromatic nitrogens is 1. The van der Waals surface area contributed by atoms with Crippen LogP contribution in [0.25, 0.3) is 0 Å². The molecule has 0 saturated carbocycles. The van der Waals surface area contributed by atoms with E-state index >= 15 is 0 Å². The maximum Gasteiger partial charge on any atom is 0.250 e. The number of hydrogen-bond acceptors (Lipinski definition) is 1. The second kappa shape index (κ2) is 3.22. The van der Waals surface area contributed by atoms with Gasteiger partial charge in [-0.25, -0.2) is 0 Å². The van der Waals surface area contributed by atoms with Crippen molar-refractivity contribution in [3.63, 3.8) is 0 Å². The van der Waals surface area contributed by atoms with E-state index in [1.807, 2.05) is 20.0 Å². The Morgan fingerprint density at radius 2 is 2.27 bits per heavy atom. The van der Waals surface area contributed by atoms with Crippen molar-refractivity contribution in [2.24, 2.45) is 0 Å². The Balaban J connectivity index is 3.32. The van der Waals surface area contributed by atoms with E-state index in [-0.39, 0.29) is 5.56 Å². The molecule has 0 saturated heterocycles. The zero-order chi connectivity index (χ0) is 8.43. The third kappa shape index (κ3) is 1.71. The molecule has 0 aromatic carbocycles. The molecule has 0 N–H and O–H groups in total. The average Bonchev–Trinajstić information content (AvgIpc) is 1.97. The molecule has 0 atom stereocenters. The van der Waals surface area contributed by atoms with Gasteiger partial charge in [-0.1, -0.05) is 0 Å². The largest absolute Gasteiger partial charge is 0.315 e. The van der Waals surface area contributed by atoms with Gasteiger partial charge in [-0.05, 0) is 35.3 Å². The third-order valence-corrected chi connectivity index (χ3v) is 2.44. The average molecular weight is 216 g/mol. The fourth-order valence-corrected chi connectivity index (χ4v) is 1.25. The first kappa shape index (κ1) is 8.53. The fourth-order valence-electron chi connectivity index (χ4n) is 0.886. The van der Waals surface area contributed by atoms with E-state index in [4.69, 9.17) is 0 Å². The van der Waals surface area contributed by atoms with E-state index in [1.165, 1.54) is 0 Å². The SMILES string of the molecule is CCn1cc(Br)c(C)cc1=O. The topological polar surface area (TPSA) is 22.0 Å². The first-order valence-corrected chi connectivity index (χ1v) is 4.31. The number of hydrogen-bond donors (Lipinski definition) is 0. The van der Waals surface area contributed by atoms with E-state index in [1.54, 1.807) is 10.6 Å². The van der Waals surface area contributed by atoms with Crippen LogP contribution in [0.15, 0.2) is 21.5 Å². The smallest absolute Gasteiger partial charge is 0.250 e. The van der Waals surface area contributed by atoms with Crippen molar-refractivity contribution in [2.45, 2.75) is 20.4 Å². The molecule has 1 rings (SSSR count). The van der Waals surface area contributed by atoms with Crippen molar-refractivity contribution in [3.8, 4) is 0 Å². The Labute approximate surface area is 74.0 Å². The molecule has 0 radical (unpaired) electrons. The Kier molecular flexibility index (Phi) is 2.49. The van der Waals surface area contributed by atoms with E-state index in [0.29, 0.717) is 0 Å². The molecule has 0 aliphatic rings. The molecule has 0 bridgehead atoms. The summed E-state index contributed by atoms with van der Waals surface area (Å²) in [5.74, 6) is 0. The van der Waals surface area contributed by atoms with E-state index < -0.39 is 0 Å². The highest BCUT2D eigenvalue weighted by atomic mass is 79.9. The van der Waals surface area contributed by atoms with Gasteiger partial charge in [0.15, 0.2) is 0 Å². The molecule has 0 unspecified atom stereocenters. The third-order valence-electron chi connectivity index (χ3n) is 1.61. The highest BCUT2D eigenvalue weighted by Gasteiger charge is 1.97. The zero-order valence-corrected chi connectivity index (χ0v) is 8.18. The van der Waals surface area contributed by atoms with Gasteiger partial charge < -0.3 is 4.57 Å². The van der Waals surface area contributed by atoms with Gasteiger partial charge in [-0.2, -0.15) is 0 Å². The van der Waals surface area contributed by atoms with Crippen molar-refractivity contribution in [1.82, 2.24) is 4.57 Å². The lowest BCUT2D eigenvalue weighted by atomic mass is 10.3. The molecule has 1 aromatic rings. The molecule has 11 heavy (non-hydrogen) atoms. The monoisotopic (exact) mass is 215 g/mol. The van der Waals surface area contributed by atoms with Crippen LogP contribution in [-0.4, -0.2) is 4.57 Å². The minimum atomic E-state index is 0.0631. The molecule has 2 nitrogen and oxygen atoms in total. The van der Waals surface area contributed by atoms with E-state index in [2.05, 4.69) is 15.9 Å². The summed E-state index contributed by atoms with van der Waals surface area (Å²) in [6.07, 6.45) is 1.82. The molecule has 1 aromatic heterocycles. The Morgan fingerprint density at radius 1 is 1.64 bits per heavy atom. The highest BCUT2D eigenvalue weighted by molar-refractivity contribution is 9.10. The van der Waals surface area contributed by atoms with Crippen LogP contribution in [0, 0.1) is 6.92 Å². The standard InChI is InChI=1S/C8H10BrNO/c1-3-10-5-7(9)6(2)4-8(10)11/h4-5H,3H2,1-2H3. The van der Waals surface area contributed by atoms with Gasteiger partial charge in [0.25, 0.3) is 5.56 Å². The summed E-state index contributed by atoms with van der Waals surface area (Å²) >= 11 is 3.36. The molecule has 0 amide bonds. The molecule has 0 aliphatic heterocycles. The normalized spacial score (nSPS) is 10.1. The lowest BCUT2D eigenvalue weighted by Gasteiger charge is -2.03. The summed E-state index contributed by atoms with van der Waals surface area (Å²) in [6, 6.07) is 1.63. The number of pyridine rings is 1. The molecule has 1 heterocycles. The molecule has 3 heteroatoms. The molecule has 60 valence electrons. The Bertz CT molecular complexity index is 316. The van der Waals surface area contributed by atoms with Crippen LogP contribution < -0.4 is 5.56 Å². The maximum atomic E-state index is 11.2. The minimum Gasteiger partial charge on any atom is -0.315 e. The lowest BCUT2D eigenvalue weighted by Crippen LogP contribution is -2.17. The molecular weight excluding hydrogens is 206 g/mol. The van der Waals surface area contributed by atoms with Gasteiger partial charge in [-0.3, -0.25) is 4.79 Å². The predicted octanol–water partition coefficient (Wildman–Crippen LogP) is 1.94. The van der Waals surface area contributed by atoms with Crippen LogP contribution in [0.3, 0.4) is 0 Å². The molecule has 0 fully saturated rings. The van der Waals surface area contributed by atoms with Crippen molar-refractivity contribution >= 4 is 15.9 Å². The number of nitrogens with zero attached hydrogens (tertiary/aromatic N) is 1. The van der Waals surface area contributed by atoms with Crippen LogP contribution in [0.2, 0.25) is 0 Å². The summed E-state index contributed by atoms with van der Waals surface area (Å²) in [4.78, 5) is 11.2. The van der Waals surface area contributed by atoms with E-state index in [9.17, 15) is 4.79 Å². The number of halogens is 1. The van der Waals surface area contributed by atoms with Crippen LogP contribution in [0.5, 0.6) is 0 Å². The second-order valence-electron chi connectivity index (χ2n) is 2.43.